The molecule has 0 unspecified atom stereocenters. The average molecular weight is 753 g/mol. The summed E-state index contributed by atoms with van der Waals surface area (Å²) in [7, 11) is 0. The van der Waals surface area contributed by atoms with E-state index in [4.69, 9.17) is 25.0 Å². The molecule has 5 N–H and O–H groups in total. The summed E-state index contributed by atoms with van der Waals surface area (Å²) in [5, 5.41) is 20.2. The first-order valence-corrected chi connectivity index (χ1v) is 17.4. The highest BCUT2D eigenvalue weighted by molar-refractivity contribution is 5.86. The first kappa shape index (κ1) is 35.3. The van der Waals surface area contributed by atoms with Gasteiger partial charge in [-0.1, -0.05) is 40.8 Å². The van der Waals surface area contributed by atoms with E-state index in [2.05, 4.69) is 50.9 Å². The number of fused-ring (bicyclic) bond motifs is 2. The standard InChI is InChI=1S/C22H18FN7O.C16H15N7O2/c23-16-8-6-14(7-9-16)12-25-17-4-1-3-15(11-17)13-30-21-20(28-29-30)19(26-22(24)27-21)18-5-2-10-31-18;1-2-24-12-7-3-5-10(18-12)9-23-15-14(21-22-23)13(19-16(17)20-15)11-6-4-8-25-11/h1-11,25H,12-13H2,(H2,24,26,27);3-8H,2,9H2,1H3,(H2,17,19,20). The van der Waals surface area contributed by atoms with Gasteiger partial charge in [0.2, 0.25) is 17.8 Å². The zero-order chi connectivity index (χ0) is 38.4. The van der Waals surface area contributed by atoms with Crippen molar-refractivity contribution in [3.05, 3.63) is 126 Å². The van der Waals surface area contributed by atoms with E-state index in [9.17, 15) is 4.39 Å². The number of ether oxygens (including phenoxy) is 1. The fourth-order valence-corrected chi connectivity index (χ4v) is 5.82. The van der Waals surface area contributed by atoms with E-state index in [-0.39, 0.29) is 17.7 Å². The Kier molecular flexibility index (Phi) is 9.88. The van der Waals surface area contributed by atoms with Crippen LogP contribution >= 0.6 is 0 Å². The van der Waals surface area contributed by atoms with E-state index >= 15 is 0 Å². The van der Waals surface area contributed by atoms with E-state index < -0.39 is 0 Å². The second-order valence-electron chi connectivity index (χ2n) is 12.2. The number of nitrogens with one attached hydrogen (secondary N) is 1. The molecule has 280 valence electrons. The molecule has 7 aromatic heterocycles. The van der Waals surface area contributed by atoms with Crippen LogP contribution in [-0.4, -0.2) is 61.5 Å². The molecule has 9 aromatic rings. The monoisotopic (exact) mass is 752 g/mol. The van der Waals surface area contributed by atoms with Crippen LogP contribution in [0, 0.1) is 5.82 Å². The molecule has 0 aliphatic rings. The number of nitrogen functional groups attached to an aromatic ring is 2. The van der Waals surface area contributed by atoms with E-state index in [0.29, 0.717) is 77.4 Å². The van der Waals surface area contributed by atoms with E-state index in [0.717, 1.165) is 22.5 Å². The lowest BCUT2D eigenvalue weighted by Gasteiger charge is -2.09. The van der Waals surface area contributed by atoms with Crippen LogP contribution in [0.2, 0.25) is 0 Å². The van der Waals surface area contributed by atoms with Gasteiger partial charge in [0.15, 0.2) is 33.8 Å². The lowest BCUT2D eigenvalue weighted by Crippen LogP contribution is -2.07. The summed E-state index contributed by atoms with van der Waals surface area (Å²) in [6, 6.07) is 27.1. The second kappa shape index (κ2) is 15.7. The van der Waals surface area contributed by atoms with Gasteiger partial charge >= 0.3 is 0 Å². The highest BCUT2D eigenvalue weighted by atomic mass is 19.1. The summed E-state index contributed by atoms with van der Waals surface area (Å²) in [5.74, 6) is 1.68. The Morgan fingerprint density at radius 2 is 1.30 bits per heavy atom. The maximum absolute atomic E-state index is 13.1. The predicted molar refractivity (Wildman–Crippen MR) is 204 cm³/mol. The first-order valence-electron chi connectivity index (χ1n) is 17.4. The minimum Gasteiger partial charge on any atom is -0.478 e. The van der Waals surface area contributed by atoms with Crippen LogP contribution in [0.4, 0.5) is 22.0 Å². The maximum atomic E-state index is 13.1. The number of anilines is 3. The Bertz CT molecular complexity index is 2710. The van der Waals surface area contributed by atoms with E-state index in [1.807, 2.05) is 49.4 Å². The highest BCUT2D eigenvalue weighted by Crippen LogP contribution is 2.27. The third kappa shape index (κ3) is 7.79. The summed E-state index contributed by atoms with van der Waals surface area (Å²) in [6.45, 7) is 3.89. The number of pyridine rings is 1. The molecule has 0 saturated carbocycles. The van der Waals surface area contributed by atoms with Gasteiger partial charge in [-0.25, -0.2) is 28.7 Å². The fraction of sp³-hybridized carbons (Fsp3) is 0.132. The Hall–Kier alpha value is -7.76. The lowest BCUT2D eigenvalue weighted by atomic mass is 10.2. The molecule has 56 heavy (non-hydrogen) atoms. The number of hydrogen-bond acceptors (Lipinski definition) is 15. The molecular weight excluding hydrogens is 720 g/mol. The van der Waals surface area contributed by atoms with Crippen molar-refractivity contribution < 1.29 is 18.0 Å². The third-order valence-electron chi connectivity index (χ3n) is 8.32. The molecule has 0 amide bonds. The quantitative estimate of drug-likeness (QED) is 0.143. The number of nitrogens with zero attached hydrogens (tertiary/aromatic N) is 11. The molecule has 17 nitrogen and oxygen atoms in total. The Morgan fingerprint density at radius 3 is 1.91 bits per heavy atom. The fourth-order valence-electron chi connectivity index (χ4n) is 5.82. The summed E-state index contributed by atoms with van der Waals surface area (Å²) in [6.07, 6.45) is 3.13. The van der Waals surface area contributed by atoms with E-state index in [1.165, 1.54) is 12.1 Å². The number of halogens is 1. The van der Waals surface area contributed by atoms with Gasteiger partial charge in [-0.15, -0.1) is 10.2 Å². The van der Waals surface area contributed by atoms with Crippen molar-refractivity contribution in [2.75, 3.05) is 23.4 Å². The SMILES string of the molecule is CCOc1cccc(Cn2nnc3c(-c4ccco4)nc(N)nc32)n1.Nc1nc(-c2ccco2)c2nnn(Cc3cccc(NCc4ccc(F)cc4)c3)c2n1. The van der Waals surface area contributed by atoms with Crippen molar-refractivity contribution in [3.63, 3.8) is 0 Å². The summed E-state index contributed by atoms with van der Waals surface area (Å²) in [4.78, 5) is 21.5. The first-order chi connectivity index (χ1) is 27.4. The molecule has 0 aliphatic heterocycles. The van der Waals surface area contributed by atoms with Gasteiger partial charge in [0.05, 0.1) is 37.9 Å². The zero-order valence-electron chi connectivity index (χ0n) is 29.8. The Labute approximate surface area is 317 Å². The van der Waals surface area contributed by atoms with Crippen molar-refractivity contribution in [1.82, 2.24) is 54.9 Å². The van der Waals surface area contributed by atoms with Crippen LogP contribution in [0.15, 0.2) is 112 Å². The molecule has 0 radical (unpaired) electrons. The van der Waals surface area contributed by atoms with Crippen molar-refractivity contribution in [1.29, 1.82) is 0 Å². The normalized spacial score (nSPS) is 11.1. The molecule has 0 aliphatic carbocycles. The minimum absolute atomic E-state index is 0.122. The van der Waals surface area contributed by atoms with Crippen molar-refractivity contribution in [3.8, 4) is 28.8 Å². The average Bonchev–Trinajstić information content (AvgIpc) is 4.05. The summed E-state index contributed by atoms with van der Waals surface area (Å²) >= 11 is 0. The third-order valence-corrected chi connectivity index (χ3v) is 8.32. The Balaban J connectivity index is 0.000000161. The summed E-state index contributed by atoms with van der Waals surface area (Å²) in [5.41, 5.74) is 18.6. The maximum Gasteiger partial charge on any atom is 0.222 e. The lowest BCUT2D eigenvalue weighted by molar-refractivity contribution is 0.325. The van der Waals surface area contributed by atoms with Gasteiger partial charge in [-0.05, 0) is 72.6 Å². The van der Waals surface area contributed by atoms with Crippen LogP contribution in [0.1, 0.15) is 23.7 Å². The number of aromatic nitrogens is 11. The highest BCUT2D eigenvalue weighted by Gasteiger charge is 2.19. The van der Waals surface area contributed by atoms with Crippen molar-refractivity contribution >= 4 is 39.9 Å². The molecule has 18 heteroatoms. The van der Waals surface area contributed by atoms with Crippen molar-refractivity contribution in [2.45, 2.75) is 26.6 Å². The van der Waals surface area contributed by atoms with Gasteiger partial charge in [-0.3, -0.25) is 0 Å². The zero-order valence-corrected chi connectivity index (χ0v) is 29.8. The molecular formula is C38H33FN14O3. The number of nitrogens with two attached hydrogens (primary N) is 2. The van der Waals surface area contributed by atoms with Gasteiger partial charge in [0.25, 0.3) is 0 Å². The summed E-state index contributed by atoms with van der Waals surface area (Å²) < 4.78 is 32.6. The van der Waals surface area contributed by atoms with Crippen LogP contribution in [-0.2, 0) is 19.6 Å². The molecule has 0 bridgehead atoms. The van der Waals surface area contributed by atoms with Gasteiger partial charge in [0.1, 0.15) is 17.2 Å². The minimum atomic E-state index is -0.245. The number of furan rings is 2. The predicted octanol–water partition coefficient (Wildman–Crippen LogP) is 5.77. The molecule has 0 spiro atoms. The smallest absolute Gasteiger partial charge is 0.222 e. The Morgan fingerprint density at radius 1 is 0.679 bits per heavy atom. The molecule has 0 fully saturated rings. The second-order valence-corrected chi connectivity index (χ2v) is 12.2. The van der Waals surface area contributed by atoms with Gasteiger partial charge in [-0.2, -0.15) is 9.97 Å². The number of hydrogen-bond donors (Lipinski definition) is 3. The molecule has 2 aromatic carbocycles. The van der Waals surface area contributed by atoms with Crippen LogP contribution < -0.4 is 21.5 Å². The van der Waals surface area contributed by atoms with Crippen LogP contribution in [0.3, 0.4) is 0 Å². The van der Waals surface area contributed by atoms with E-state index in [1.54, 1.807) is 58.3 Å². The number of benzene rings is 2. The molecule has 0 saturated heterocycles. The van der Waals surface area contributed by atoms with Crippen LogP contribution in [0.5, 0.6) is 5.88 Å². The van der Waals surface area contributed by atoms with Gasteiger partial charge in [0, 0.05) is 18.3 Å². The molecule has 7 heterocycles. The largest absolute Gasteiger partial charge is 0.478 e. The van der Waals surface area contributed by atoms with Crippen molar-refractivity contribution in [2.24, 2.45) is 0 Å². The molecule has 0 atom stereocenters. The van der Waals surface area contributed by atoms with Gasteiger partial charge < -0.3 is 30.4 Å². The molecule has 9 rings (SSSR count). The van der Waals surface area contributed by atoms with Crippen LogP contribution in [0.25, 0.3) is 45.2 Å². The number of rotatable bonds is 11. The topological polar surface area (TPSA) is 225 Å².